The molecular formula is C11H12N4OS. The quantitative estimate of drug-likeness (QED) is 0.819. The van der Waals surface area contributed by atoms with Crippen molar-refractivity contribution in [1.29, 1.82) is 0 Å². The number of hydrogen-bond acceptors (Lipinski definition) is 4. The van der Waals surface area contributed by atoms with Crippen LogP contribution in [0.25, 0.3) is 0 Å². The molecule has 0 saturated carbocycles. The molecule has 1 aromatic heterocycles. The van der Waals surface area contributed by atoms with Gasteiger partial charge in [0.05, 0.1) is 6.20 Å². The predicted molar refractivity (Wildman–Crippen MR) is 67.7 cm³/mol. The van der Waals surface area contributed by atoms with Crippen molar-refractivity contribution >= 4 is 17.2 Å². The van der Waals surface area contributed by atoms with E-state index < -0.39 is 0 Å². The lowest BCUT2D eigenvalue weighted by atomic mass is 10.2. The van der Waals surface area contributed by atoms with Crippen molar-refractivity contribution in [2.45, 2.75) is 6.61 Å². The Morgan fingerprint density at radius 2 is 2.35 bits per heavy atom. The maximum absolute atomic E-state index is 5.57. The molecule has 1 heterocycles. The number of hydrogen-bond donors (Lipinski definition) is 1. The minimum absolute atomic E-state index is 0.356. The van der Waals surface area contributed by atoms with Crippen LogP contribution in [0.4, 0.5) is 0 Å². The summed E-state index contributed by atoms with van der Waals surface area (Å²) in [6, 6.07) is 7.34. The van der Waals surface area contributed by atoms with Crippen LogP contribution in [0.2, 0.25) is 0 Å². The molecule has 0 aliphatic rings. The van der Waals surface area contributed by atoms with Gasteiger partial charge in [-0.15, -0.1) is 5.10 Å². The SMILES string of the molecule is Cn1cc(COc2cccc(C(N)=S)c2)nn1. The summed E-state index contributed by atoms with van der Waals surface area (Å²) in [4.78, 5) is 0.356. The Hall–Kier alpha value is -1.95. The molecule has 2 N–H and O–H groups in total. The number of aromatic nitrogens is 3. The average Bonchev–Trinajstić information content (AvgIpc) is 2.73. The molecule has 2 rings (SSSR count). The fourth-order valence-electron chi connectivity index (χ4n) is 1.36. The molecular weight excluding hydrogens is 236 g/mol. The molecule has 5 nitrogen and oxygen atoms in total. The first-order chi connectivity index (χ1) is 8.15. The molecule has 0 aliphatic carbocycles. The van der Waals surface area contributed by atoms with Gasteiger partial charge in [-0.2, -0.15) is 0 Å². The van der Waals surface area contributed by atoms with Crippen LogP contribution in [0.3, 0.4) is 0 Å². The van der Waals surface area contributed by atoms with E-state index in [2.05, 4.69) is 10.3 Å². The van der Waals surface area contributed by atoms with Crippen molar-refractivity contribution < 1.29 is 4.74 Å². The van der Waals surface area contributed by atoms with Gasteiger partial charge < -0.3 is 10.5 Å². The second-order valence-corrected chi connectivity index (χ2v) is 4.00. The fourth-order valence-corrected chi connectivity index (χ4v) is 1.48. The summed E-state index contributed by atoms with van der Waals surface area (Å²) in [7, 11) is 1.81. The lowest BCUT2D eigenvalue weighted by Gasteiger charge is -2.05. The van der Waals surface area contributed by atoms with E-state index in [9.17, 15) is 0 Å². The van der Waals surface area contributed by atoms with Gasteiger partial charge in [-0.1, -0.05) is 29.6 Å². The van der Waals surface area contributed by atoms with E-state index in [0.717, 1.165) is 11.3 Å². The van der Waals surface area contributed by atoms with Crippen molar-refractivity contribution in [1.82, 2.24) is 15.0 Å². The number of rotatable bonds is 4. The minimum atomic E-state index is 0.356. The molecule has 0 atom stereocenters. The molecule has 0 bridgehead atoms. The van der Waals surface area contributed by atoms with Crippen LogP contribution < -0.4 is 10.5 Å². The standard InChI is InChI=1S/C11H12N4OS/c1-15-6-9(13-14-15)7-16-10-4-2-3-8(5-10)11(12)17/h2-6H,7H2,1H3,(H2,12,17). The van der Waals surface area contributed by atoms with Crippen LogP contribution in [0.5, 0.6) is 5.75 Å². The number of benzene rings is 1. The Labute approximate surface area is 104 Å². The van der Waals surface area contributed by atoms with Crippen LogP contribution >= 0.6 is 12.2 Å². The van der Waals surface area contributed by atoms with E-state index in [1.165, 1.54) is 0 Å². The highest BCUT2D eigenvalue weighted by molar-refractivity contribution is 7.80. The van der Waals surface area contributed by atoms with E-state index in [1.54, 1.807) is 16.9 Å². The van der Waals surface area contributed by atoms with Crippen molar-refractivity contribution in [3.05, 3.63) is 41.7 Å². The highest BCUT2D eigenvalue weighted by Crippen LogP contribution is 2.14. The van der Waals surface area contributed by atoms with Crippen LogP contribution in [-0.2, 0) is 13.7 Å². The topological polar surface area (TPSA) is 66.0 Å². The molecule has 0 spiro atoms. The molecule has 0 unspecified atom stereocenters. The maximum Gasteiger partial charge on any atom is 0.134 e. The molecule has 0 fully saturated rings. The second kappa shape index (κ2) is 4.92. The van der Waals surface area contributed by atoms with E-state index in [1.807, 2.05) is 25.2 Å². The van der Waals surface area contributed by atoms with Gasteiger partial charge >= 0.3 is 0 Å². The summed E-state index contributed by atoms with van der Waals surface area (Å²) < 4.78 is 7.19. The number of nitrogens with two attached hydrogens (primary N) is 1. The minimum Gasteiger partial charge on any atom is -0.487 e. The fraction of sp³-hybridized carbons (Fsp3) is 0.182. The van der Waals surface area contributed by atoms with Crippen molar-refractivity contribution in [3.8, 4) is 5.75 Å². The van der Waals surface area contributed by atoms with Gasteiger partial charge in [0, 0.05) is 12.6 Å². The van der Waals surface area contributed by atoms with E-state index in [-0.39, 0.29) is 0 Å². The van der Waals surface area contributed by atoms with Gasteiger partial charge in [-0.25, -0.2) is 0 Å². The Balaban J connectivity index is 2.04. The normalized spacial score (nSPS) is 10.2. The summed E-state index contributed by atoms with van der Waals surface area (Å²) in [5, 5.41) is 7.75. The van der Waals surface area contributed by atoms with E-state index >= 15 is 0 Å². The van der Waals surface area contributed by atoms with Crippen LogP contribution in [0, 0.1) is 0 Å². The summed E-state index contributed by atoms with van der Waals surface area (Å²) >= 11 is 4.90. The van der Waals surface area contributed by atoms with Gasteiger partial charge in [0.2, 0.25) is 0 Å². The third-order valence-electron chi connectivity index (χ3n) is 2.16. The van der Waals surface area contributed by atoms with Crippen LogP contribution in [-0.4, -0.2) is 20.0 Å². The van der Waals surface area contributed by atoms with E-state index in [4.69, 9.17) is 22.7 Å². The molecule has 0 radical (unpaired) electrons. The van der Waals surface area contributed by atoms with Gasteiger partial charge in [-0.05, 0) is 12.1 Å². The predicted octanol–water partition coefficient (Wildman–Crippen LogP) is 1.03. The second-order valence-electron chi connectivity index (χ2n) is 3.56. The summed E-state index contributed by atoms with van der Waals surface area (Å²) in [5.74, 6) is 0.709. The molecule has 88 valence electrons. The van der Waals surface area contributed by atoms with Gasteiger partial charge in [0.15, 0.2) is 0 Å². The van der Waals surface area contributed by atoms with Gasteiger partial charge in [0.25, 0.3) is 0 Å². The molecule has 2 aromatic rings. The largest absolute Gasteiger partial charge is 0.487 e. The molecule has 0 saturated heterocycles. The van der Waals surface area contributed by atoms with Gasteiger partial charge in [0.1, 0.15) is 23.0 Å². The number of aryl methyl sites for hydroxylation is 1. The molecule has 17 heavy (non-hydrogen) atoms. The smallest absolute Gasteiger partial charge is 0.134 e. The third kappa shape index (κ3) is 3.01. The van der Waals surface area contributed by atoms with Crippen LogP contribution in [0.1, 0.15) is 11.3 Å². The zero-order valence-electron chi connectivity index (χ0n) is 9.33. The third-order valence-corrected chi connectivity index (χ3v) is 2.39. The molecule has 0 amide bonds. The van der Waals surface area contributed by atoms with Crippen molar-refractivity contribution in [2.75, 3.05) is 0 Å². The first kappa shape index (κ1) is 11.5. The van der Waals surface area contributed by atoms with Crippen molar-refractivity contribution in [3.63, 3.8) is 0 Å². The lowest BCUT2D eigenvalue weighted by molar-refractivity contribution is 0.301. The summed E-state index contributed by atoms with van der Waals surface area (Å²) in [5.41, 5.74) is 7.10. The zero-order chi connectivity index (χ0) is 12.3. The van der Waals surface area contributed by atoms with Crippen LogP contribution in [0.15, 0.2) is 30.5 Å². The monoisotopic (exact) mass is 248 g/mol. The summed E-state index contributed by atoms with van der Waals surface area (Å²) in [6.07, 6.45) is 1.80. The van der Waals surface area contributed by atoms with Crippen molar-refractivity contribution in [2.24, 2.45) is 12.8 Å². The lowest BCUT2D eigenvalue weighted by Crippen LogP contribution is -2.09. The number of nitrogens with zero attached hydrogens (tertiary/aromatic N) is 3. The Kier molecular flexibility index (Phi) is 3.34. The number of thiocarbonyl (C=S) groups is 1. The molecule has 6 heteroatoms. The number of ether oxygens (including phenoxy) is 1. The molecule has 1 aromatic carbocycles. The first-order valence-electron chi connectivity index (χ1n) is 5.03. The molecule has 0 aliphatic heterocycles. The maximum atomic E-state index is 5.57. The zero-order valence-corrected chi connectivity index (χ0v) is 10.1. The summed E-state index contributed by atoms with van der Waals surface area (Å²) in [6.45, 7) is 0.370. The Bertz CT molecular complexity index is 538. The Morgan fingerprint density at radius 3 is 3.00 bits per heavy atom. The van der Waals surface area contributed by atoms with Gasteiger partial charge in [-0.3, -0.25) is 4.68 Å². The first-order valence-corrected chi connectivity index (χ1v) is 5.44. The highest BCUT2D eigenvalue weighted by atomic mass is 32.1. The van der Waals surface area contributed by atoms with E-state index in [0.29, 0.717) is 17.3 Å². The average molecular weight is 248 g/mol. The highest BCUT2D eigenvalue weighted by Gasteiger charge is 2.02. The Morgan fingerprint density at radius 1 is 1.53 bits per heavy atom.